The number of ether oxygens (including phenoxy) is 2. The predicted octanol–water partition coefficient (Wildman–Crippen LogP) is 10.9. The first-order chi connectivity index (χ1) is 27.8. The van der Waals surface area contributed by atoms with Gasteiger partial charge in [0.25, 0.3) is 0 Å². The number of carbonyl (C=O) groups is 2. The smallest absolute Gasteiger partial charge is 0.462 e. The summed E-state index contributed by atoms with van der Waals surface area (Å²) in [5.41, 5.74) is 0. The van der Waals surface area contributed by atoms with Crippen molar-refractivity contribution in [3.8, 4) is 0 Å². The first-order valence-electron chi connectivity index (χ1n) is 22.9. The first-order valence-corrected chi connectivity index (χ1v) is 24.4. The quantitative estimate of drug-likeness (QED) is 0.0178. The molecule has 0 aromatic rings. The number of aliphatic hydroxyl groups is 2. The molecule has 0 radical (unpaired) electrons. The Balaban J connectivity index is 4.52. The van der Waals surface area contributed by atoms with Gasteiger partial charge < -0.3 is 29.1 Å². The molecular formula is C46H87NO10P+. The second-order valence-corrected chi connectivity index (χ2v) is 18.2. The van der Waals surface area contributed by atoms with Gasteiger partial charge in [-0.3, -0.25) is 18.6 Å². The summed E-state index contributed by atoms with van der Waals surface area (Å²) in [4.78, 5) is 35.4. The summed E-state index contributed by atoms with van der Waals surface area (Å²) in [6, 6.07) is 0. The standard InChI is InChI=1S/C46H86NO10P/c1-6-8-10-12-14-15-16-17-18-19-20-21-24-28-32-36-45(50)54-40-42(41-56-58(52,53)55-39-38-47(3,4)5)57-46(51)37-33-29-25-22-23-27-31-35-44(49)43(48)34-30-26-13-11-9-7-2/h22,25-27,30-31,42-44,48-49H,6-21,23-24,28-29,32-41H2,1-5H3/p+1/b25-22-,30-26+,31-27-. The maximum Gasteiger partial charge on any atom is 0.472 e. The Morgan fingerprint density at radius 1 is 0.586 bits per heavy atom. The van der Waals surface area contributed by atoms with E-state index in [2.05, 4.69) is 19.9 Å². The van der Waals surface area contributed by atoms with Gasteiger partial charge in [-0.1, -0.05) is 153 Å². The molecule has 340 valence electrons. The van der Waals surface area contributed by atoms with Crippen molar-refractivity contribution in [1.82, 2.24) is 0 Å². The number of phosphoric ester groups is 1. The van der Waals surface area contributed by atoms with Gasteiger partial charge in [-0.05, 0) is 51.4 Å². The fraction of sp³-hybridized carbons (Fsp3) is 0.826. The van der Waals surface area contributed by atoms with Crippen LogP contribution in [-0.2, 0) is 32.7 Å². The van der Waals surface area contributed by atoms with Crippen molar-refractivity contribution in [2.75, 3.05) is 47.5 Å². The molecule has 12 heteroatoms. The molecule has 0 aliphatic carbocycles. The molecule has 0 rings (SSSR count). The minimum absolute atomic E-state index is 0.00147. The van der Waals surface area contributed by atoms with Crippen LogP contribution in [-0.4, -0.2) is 97.3 Å². The van der Waals surface area contributed by atoms with Crippen molar-refractivity contribution in [2.24, 2.45) is 0 Å². The van der Waals surface area contributed by atoms with Crippen molar-refractivity contribution >= 4 is 19.8 Å². The van der Waals surface area contributed by atoms with Crippen molar-refractivity contribution in [3.05, 3.63) is 36.5 Å². The van der Waals surface area contributed by atoms with E-state index >= 15 is 0 Å². The lowest BCUT2D eigenvalue weighted by atomic mass is 10.0. The van der Waals surface area contributed by atoms with Gasteiger partial charge in [-0.25, -0.2) is 4.57 Å². The molecule has 3 N–H and O–H groups in total. The first kappa shape index (κ1) is 56.1. The van der Waals surface area contributed by atoms with Gasteiger partial charge in [0, 0.05) is 12.8 Å². The minimum atomic E-state index is -4.42. The van der Waals surface area contributed by atoms with Crippen molar-refractivity contribution in [1.29, 1.82) is 0 Å². The van der Waals surface area contributed by atoms with E-state index < -0.39 is 44.7 Å². The lowest BCUT2D eigenvalue weighted by molar-refractivity contribution is -0.870. The highest BCUT2D eigenvalue weighted by Crippen LogP contribution is 2.43. The van der Waals surface area contributed by atoms with Gasteiger partial charge in [0.2, 0.25) is 0 Å². The number of allylic oxidation sites excluding steroid dienone is 4. The van der Waals surface area contributed by atoms with Crippen molar-refractivity contribution in [3.63, 3.8) is 0 Å². The Kier molecular flexibility index (Phi) is 36.9. The van der Waals surface area contributed by atoms with Gasteiger partial charge in [0.1, 0.15) is 19.8 Å². The number of aliphatic hydroxyl groups excluding tert-OH is 2. The topological polar surface area (TPSA) is 149 Å². The molecule has 0 aliphatic heterocycles. The molecule has 0 aromatic heterocycles. The number of nitrogens with zero attached hydrogens (tertiary/aromatic N) is 1. The SMILES string of the molecule is CCCCC/C=C/CC(O)C(O)C/C=C\C/C=C\CCCC(=O)OC(COC(=O)CCCCCCCCCCCCCCCCC)COP(=O)(O)OCC[N+](C)(C)C. The van der Waals surface area contributed by atoms with Crippen LogP contribution in [0.5, 0.6) is 0 Å². The third kappa shape index (κ3) is 39.6. The normalized spacial score (nSPS) is 15.0. The summed E-state index contributed by atoms with van der Waals surface area (Å²) in [6.07, 6.45) is 35.1. The molecule has 0 fully saturated rings. The molecule has 0 heterocycles. The van der Waals surface area contributed by atoms with Crippen LogP contribution in [0.4, 0.5) is 0 Å². The zero-order valence-corrected chi connectivity index (χ0v) is 38.4. The summed E-state index contributed by atoms with van der Waals surface area (Å²) in [7, 11) is 1.37. The maximum absolute atomic E-state index is 12.7. The van der Waals surface area contributed by atoms with Gasteiger partial charge in [0.05, 0.1) is 40.0 Å². The number of rotatable bonds is 41. The second kappa shape index (κ2) is 38.1. The van der Waals surface area contributed by atoms with E-state index in [9.17, 15) is 29.3 Å². The fourth-order valence-electron chi connectivity index (χ4n) is 6.07. The molecule has 11 nitrogen and oxygen atoms in total. The third-order valence-corrected chi connectivity index (χ3v) is 10.8. The van der Waals surface area contributed by atoms with E-state index in [0.29, 0.717) is 43.1 Å². The number of likely N-dealkylation sites (N-methyl/N-ethyl adjacent to an activating group) is 1. The zero-order valence-electron chi connectivity index (χ0n) is 37.5. The van der Waals surface area contributed by atoms with E-state index in [1.165, 1.54) is 89.9 Å². The molecule has 0 aromatic carbocycles. The number of esters is 2. The zero-order chi connectivity index (χ0) is 43.2. The van der Waals surface area contributed by atoms with Crippen LogP contribution in [0.1, 0.15) is 181 Å². The van der Waals surface area contributed by atoms with Crippen LogP contribution in [0.2, 0.25) is 0 Å². The number of carbonyl (C=O) groups excluding carboxylic acids is 2. The molecule has 0 spiro atoms. The average molecular weight is 845 g/mol. The summed E-state index contributed by atoms with van der Waals surface area (Å²) < 4.78 is 34.2. The average Bonchev–Trinajstić information content (AvgIpc) is 3.17. The van der Waals surface area contributed by atoms with E-state index in [-0.39, 0.29) is 26.1 Å². The van der Waals surface area contributed by atoms with Crippen LogP contribution in [0.25, 0.3) is 0 Å². The lowest BCUT2D eigenvalue weighted by Crippen LogP contribution is -2.37. The monoisotopic (exact) mass is 845 g/mol. The molecular weight excluding hydrogens is 757 g/mol. The molecule has 0 bridgehead atoms. The fourth-order valence-corrected chi connectivity index (χ4v) is 6.81. The highest BCUT2D eigenvalue weighted by atomic mass is 31.2. The van der Waals surface area contributed by atoms with Crippen LogP contribution in [0.15, 0.2) is 36.5 Å². The van der Waals surface area contributed by atoms with Gasteiger partial charge in [-0.15, -0.1) is 0 Å². The predicted molar refractivity (Wildman–Crippen MR) is 236 cm³/mol. The highest BCUT2D eigenvalue weighted by Gasteiger charge is 2.27. The second-order valence-electron chi connectivity index (χ2n) is 16.8. The summed E-state index contributed by atoms with van der Waals surface area (Å²) >= 11 is 0. The van der Waals surface area contributed by atoms with E-state index in [4.69, 9.17) is 18.5 Å². The maximum atomic E-state index is 12.7. The van der Waals surface area contributed by atoms with Crippen LogP contribution in [0, 0.1) is 0 Å². The summed E-state index contributed by atoms with van der Waals surface area (Å²) in [6.45, 7) is 4.17. The largest absolute Gasteiger partial charge is 0.472 e. The number of unbranched alkanes of at least 4 members (excludes halogenated alkanes) is 18. The molecule has 4 atom stereocenters. The Labute approximate surface area is 354 Å². The number of quaternary nitrogens is 1. The third-order valence-electron chi connectivity index (χ3n) is 9.85. The highest BCUT2D eigenvalue weighted by molar-refractivity contribution is 7.47. The van der Waals surface area contributed by atoms with Gasteiger partial charge in [-0.2, -0.15) is 0 Å². The van der Waals surface area contributed by atoms with E-state index in [1.54, 1.807) is 0 Å². The number of hydrogen-bond acceptors (Lipinski definition) is 9. The van der Waals surface area contributed by atoms with E-state index in [1.807, 2.05) is 51.5 Å². The minimum Gasteiger partial charge on any atom is -0.462 e. The Bertz CT molecular complexity index is 1120. The molecule has 0 amide bonds. The van der Waals surface area contributed by atoms with Crippen LogP contribution in [0.3, 0.4) is 0 Å². The van der Waals surface area contributed by atoms with E-state index in [0.717, 1.165) is 32.1 Å². The Hall–Kier alpha value is -1.85. The van der Waals surface area contributed by atoms with Gasteiger partial charge in [0.15, 0.2) is 6.10 Å². The molecule has 0 saturated carbocycles. The van der Waals surface area contributed by atoms with Gasteiger partial charge >= 0.3 is 19.8 Å². The van der Waals surface area contributed by atoms with Crippen LogP contribution < -0.4 is 0 Å². The van der Waals surface area contributed by atoms with Crippen molar-refractivity contribution < 1.29 is 52.3 Å². The van der Waals surface area contributed by atoms with Crippen LogP contribution >= 0.6 is 7.82 Å². The molecule has 4 unspecified atom stereocenters. The number of hydrogen-bond donors (Lipinski definition) is 3. The summed E-state index contributed by atoms with van der Waals surface area (Å²) in [5.74, 6) is -0.931. The van der Waals surface area contributed by atoms with Crippen molar-refractivity contribution in [2.45, 2.75) is 199 Å². The Morgan fingerprint density at radius 2 is 1.05 bits per heavy atom. The summed E-state index contributed by atoms with van der Waals surface area (Å²) in [5, 5.41) is 20.3. The molecule has 0 aliphatic rings. The molecule has 0 saturated heterocycles. The lowest BCUT2D eigenvalue weighted by Gasteiger charge is -2.24. The Morgan fingerprint density at radius 3 is 1.62 bits per heavy atom. The molecule has 58 heavy (non-hydrogen) atoms. The number of phosphoric acid groups is 1.